The highest BCUT2D eigenvalue weighted by atomic mass is 28.3. The molecule has 0 aliphatic heterocycles. The summed E-state index contributed by atoms with van der Waals surface area (Å²) in [6.07, 6.45) is 0. The van der Waals surface area contributed by atoms with Gasteiger partial charge in [0.25, 0.3) is 0 Å². The normalized spacial score (nSPS) is 11.2. The first kappa shape index (κ1) is 14.0. The van der Waals surface area contributed by atoms with Gasteiger partial charge in [-0.2, -0.15) is 0 Å². The molecule has 2 rings (SSSR count). The second-order valence-corrected chi connectivity index (χ2v) is 6.81. The van der Waals surface area contributed by atoms with Crippen LogP contribution < -0.4 is 5.19 Å². The van der Waals surface area contributed by atoms with E-state index in [1.54, 1.807) is 14.2 Å². The third-order valence-electron chi connectivity index (χ3n) is 3.09. The molecule has 3 heteroatoms. The second kappa shape index (κ2) is 7.24. The van der Waals surface area contributed by atoms with Gasteiger partial charge in [-0.1, -0.05) is 71.4 Å². The Bertz CT molecular complexity index is 469. The van der Waals surface area contributed by atoms with E-state index < -0.39 is 8.80 Å². The molecule has 0 amide bonds. The third-order valence-corrected chi connectivity index (χ3v) is 6.00. The van der Waals surface area contributed by atoms with Gasteiger partial charge in [0, 0.05) is 14.2 Å². The molecule has 0 aromatic heterocycles. The van der Waals surface area contributed by atoms with E-state index in [1.807, 2.05) is 12.1 Å². The Hall–Kier alpha value is -1.42. The standard InChI is InChI=1S/C16H19O2Si/c1-17-16(18-2)19(15-11-7-4-8-12-15)13-14-9-5-3-6-10-14/h3-12,16H,13H2,1-2H3. The van der Waals surface area contributed by atoms with Gasteiger partial charge in [0.05, 0.1) is 0 Å². The summed E-state index contributed by atoms with van der Waals surface area (Å²) in [5.41, 5.74) is 1.33. The maximum Gasteiger partial charge on any atom is 0.161 e. The van der Waals surface area contributed by atoms with Gasteiger partial charge >= 0.3 is 0 Å². The van der Waals surface area contributed by atoms with Crippen molar-refractivity contribution < 1.29 is 9.47 Å². The van der Waals surface area contributed by atoms with Gasteiger partial charge < -0.3 is 9.47 Å². The Balaban J connectivity index is 2.24. The summed E-state index contributed by atoms with van der Waals surface area (Å²) in [4.78, 5) is 0. The summed E-state index contributed by atoms with van der Waals surface area (Å²) >= 11 is 0. The topological polar surface area (TPSA) is 18.5 Å². The lowest BCUT2D eigenvalue weighted by molar-refractivity contribution is -0.0462. The summed E-state index contributed by atoms with van der Waals surface area (Å²) in [5, 5.41) is 1.34. The zero-order valence-electron chi connectivity index (χ0n) is 11.4. The SMILES string of the molecule is COC(OC)[Si](Cc1ccccc1)c1ccccc1. The third kappa shape index (κ3) is 3.77. The van der Waals surface area contributed by atoms with Crippen LogP contribution in [0.1, 0.15) is 5.56 Å². The van der Waals surface area contributed by atoms with Gasteiger partial charge in [-0.15, -0.1) is 0 Å². The summed E-state index contributed by atoms with van der Waals surface area (Å²) in [6.45, 7) is 0. The van der Waals surface area contributed by atoms with E-state index in [-0.39, 0.29) is 5.91 Å². The van der Waals surface area contributed by atoms with Crippen molar-refractivity contribution in [3.05, 3.63) is 66.2 Å². The molecule has 2 aromatic rings. The Morgan fingerprint density at radius 2 is 1.37 bits per heavy atom. The smallest absolute Gasteiger partial charge is 0.161 e. The van der Waals surface area contributed by atoms with Crippen LogP contribution in [0.4, 0.5) is 0 Å². The Morgan fingerprint density at radius 3 is 1.89 bits per heavy atom. The highest BCUT2D eigenvalue weighted by Gasteiger charge is 2.25. The first-order valence-electron chi connectivity index (χ1n) is 6.36. The van der Waals surface area contributed by atoms with E-state index >= 15 is 0 Å². The molecule has 0 saturated heterocycles. The van der Waals surface area contributed by atoms with Crippen molar-refractivity contribution in [1.82, 2.24) is 0 Å². The van der Waals surface area contributed by atoms with Gasteiger partial charge in [-0.25, -0.2) is 0 Å². The molecule has 2 aromatic carbocycles. The fourth-order valence-corrected chi connectivity index (χ4v) is 4.68. The van der Waals surface area contributed by atoms with Crippen LogP contribution in [-0.2, 0) is 15.5 Å². The fourth-order valence-electron chi connectivity index (χ4n) is 2.17. The Morgan fingerprint density at radius 1 is 0.842 bits per heavy atom. The first-order chi connectivity index (χ1) is 9.35. The van der Waals surface area contributed by atoms with Crippen LogP contribution in [0, 0.1) is 0 Å². The molecular formula is C16H19O2Si. The number of benzene rings is 2. The van der Waals surface area contributed by atoms with Gasteiger partial charge in [0.2, 0.25) is 0 Å². The molecule has 0 heterocycles. The second-order valence-electron chi connectivity index (χ2n) is 4.36. The molecule has 2 nitrogen and oxygen atoms in total. The monoisotopic (exact) mass is 271 g/mol. The van der Waals surface area contributed by atoms with Gasteiger partial charge in [-0.3, -0.25) is 0 Å². The minimum atomic E-state index is -0.959. The van der Waals surface area contributed by atoms with Crippen molar-refractivity contribution in [2.45, 2.75) is 12.0 Å². The lowest BCUT2D eigenvalue weighted by atomic mass is 10.2. The van der Waals surface area contributed by atoms with Crippen LogP contribution in [0.5, 0.6) is 0 Å². The highest BCUT2D eigenvalue weighted by molar-refractivity contribution is 6.73. The summed E-state index contributed by atoms with van der Waals surface area (Å²) in [6, 6.07) is 22.1. The van der Waals surface area contributed by atoms with Gasteiger partial charge in [-0.05, 0) is 6.04 Å². The molecule has 99 valence electrons. The van der Waals surface area contributed by atoms with Crippen molar-refractivity contribution in [2.75, 3.05) is 14.2 Å². The molecule has 0 aliphatic rings. The van der Waals surface area contributed by atoms with Crippen LogP contribution in [0.2, 0.25) is 0 Å². The molecule has 19 heavy (non-hydrogen) atoms. The summed E-state index contributed by atoms with van der Waals surface area (Å²) in [7, 11) is 2.47. The number of hydrogen-bond donors (Lipinski definition) is 0. The predicted molar refractivity (Wildman–Crippen MR) is 79.8 cm³/mol. The summed E-state index contributed by atoms with van der Waals surface area (Å²) < 4.78 is 11.0. The zero-order chi connectivity index (χ0) is 13.5. The van der Waals surface area contributed by atoms with Crippen molar-refractivity contribution in [2.24, 2.45) is 0 Å². The van der Waals surface area contributed by atoms with Gasteiger partial charge in [0.1, 0.15) is 5.91 Å². The number of rotatable bonds is 6. The highest BCUT2D eigenvalue weighted by Crippen LogP contribution is 2.08. The molecule has 0 atom stereocenters. The molecule has 0 N–H and O–H groups in total. The maximum absolute atomic E-state index is 5.51. The average Bonchev–Trinajstić information content (AvgIpc) is 2.49. The molecular weight excluding hydrogens is 252 g/mol. The zero-order valence-corrected chi connectivity index (χ0v) is 12.4. The van der Waals surface area contributed by atoms with Crippen molar-refractivity contribution in [1.29, 1.82) is 0 Å². The van der Waals surface area contributed by atoms with E-state index in [4.69, 9.17) is 9.47 Å². The van der Waals surface area contributed by atoms with Gasteiger partial charge in [0.15, 0.2) is 8.80 Å². The molecule has 0 bridgehead atoms. The van der Waals surface area contributed by atoms with E-state index in [0.717, 1.165) is 6.04 Å². The van der Waals surface area contributed by atoms with Crippen LogP contribution in [0.3, 0.4) is 0 Å². The number of hydrogen-bond acceptors (Lipinski definition) is 2. The Labute approximate surface area is 116 Å². The quantitative estimate of drug-likeness (QED) is 0.593. The molecule has 1 radical (unpaired) electrons. The van der Waals surface area contributed by atoms with Crippen molar-refractivity contribution in [3.8, 4) is 0 Å². The van der Waals surface area contributed by atoms with E-state index in [9.17, 15) is 0 Å². The predicted octanol–water partition coefficient (Wildman–Crippen LogP) is 2.33. The number of ether oxygens (including phenoxy) is 2. The minimum Gasteiger partial charge on any atom is -0.359 e. The lowest BCUT2D eigenvalue weighted by Gasteiger charge is -2.23. The van der Waals surface area contributed by atoms with Crippen LogP contribution >= 0.6 is 0 Å². The largest absolute Gasteiger partial charge is 0.359 e. The van der Waals surface area contributed by atoms with Crippen LogP contribution in [0.15, 0.2) is 60.7 Å². The first-order valence-corrected chi connectivity index (χ1v) is 8.14. The molecule has 0 fully saturated rings. The van der Waals surface area contributed by atoms with E-state index in [0.29, 0.717) is 0 Å². The average molecular weight is 271 g/mol. The Kier molecular flexibility index (Phi) is 5.33. The number of methoxy groups -OCH3 is 2. The minimum absolute atomic E-state index is 0.132. The van der Waals surface area contributed by atoms with Crippen molar-refractivity contribution in [3.63, 3.8) is 0 Å². The van der Waals surface area contributed by atoms with E-state index in [1.165, 1.54) is 10.8 Å². The van der Waals surface area contributed by atoms with Crippen molar-refractivity contribution >= 4 is 14.0 Å². The lowest BCUT2D eigenvalue weighted by Crippen LogP contribution is -2.46. The molecule has 0 spiro atoms. The van der Waals surface area contributed by atoms with Crippen LogP contribution in [-0.4, -0.2) is 28.9 Å². The summed E-state index contributed by atoms with van der Waals surface area (Å²) in [5.74, 6) is -0.132. The van der Waals surface area contributed by atoms with E-state index in [2.05, 4.69) is 48.5 Å². The molecule has 0 saturated carbocycles. The van der Waals surface area contributed by atoms with Crippen LogP contribution in [0.25, 0.3) is 0 Å². The molecule has 0 unspecified atom stereocenters. The molecule has 0 aliphatic carbocycles. The fraction of sp³-hybridized carbons (Fsp3) is 0.250. The maximum atomic E-state index is 5.51.